The van der Waals surface area contributed by atoms with Crippen molar-refractivity contribution in [2.45, 2.75) is 49.6 Å². The maximum atomic E-state index is 12.2. The summed E-state index contributed by atoms with van der Waals surface area (Å²) in [6, 6.07) is 0. The second-order valence-corrected chi connectivity index (χ2v) is 6.63. The van der Waals surface area contributed by atoms with Crippen LogP contribution in [0.5, 0.6) is 0 Å². The van der Waals surface area contributed by atoms with E-state index in [1.165, 1.54) is 6.20 Å². The molecule has 102 valence electrons. The second kappa shape index (κ2) is 4.99. The first-order valence-corrected chi connectivity index (χ1v) is 7.71. The van der Waals surface area contributed by atoms with Gasteiger partial charge in [-0.05, 0) is 19.8 Å². The summed E-state index contributed by atoms with van der Waals surface area (Å²) in [5.41, 5.74) is 5.29. The van der Waals surface area contributed by atoms with E-state index in [1.54, 1.807) is 6.92 Å². The second-order valence-electron chi connectivity index (χ2n) is 4.98. The number of nitrogens with two attached hydrogens (primary N) is 1. The van der Waals surface area contributed by atoms with Crippen molar-refractivity contribution in [2.24, 2.45) is 5.73 Å². The van der Waals surface area contributed by atoms with Gasteiger partial charge in [0.15, 0.2) is 5.03 Å². The third-order valence-electron chi connectivity index (χ3n) is 3.52. The smallest absolute Gasteiger partial charge is 0.258 e. The molecule has 0 bridgehead atoms. The van der Waals surface area contributed by atoms with Crippen LogP contribution in [0.1, 0.15) is 37.9 Å². The van der Waals surface area contributed by atoms with Crippen molar-refractivity contribution in [1.82, 2.24) is 14.7 Å². The number of aryl methyl sites for hydroxylation is 1. The number of aromatic amines is 1. The average Bonchev–Trinajstić information content (AvgIpc) is 2.77. The fraction of sp³-hybridized carbons (Fsp3) is 0.727. The van der Waals surface area contributed by atoms with Crippen LogP contribution in [0.2, 0.25) is 0 Å². The number of aromatic nitrogens is 2. The number of sulfonamides is 1. The van der Waals surface area contributed by atoms with Crippen LogP contribution in [-0.2, 0) is 10.0 Å². The molecule has 1 aromatic heterocycles. The molecule has 1 aliphatic rings. The molecule has 1 saturated carbocycles. The lowest BCUT2D eigenvalue weighted by Gasteiger charge is -2.36. The highest BCUT2D eigenvalue weighted by Crippen LogP contribution is 2.28. The largest absolute Gasteiger partial charge is 0.332 e. The molecule has 2 rings (SSSR count). The van der Waals surface area contributed by atoms with Gasteiger partial charge in [-0.25, -0.2) is 18.1 Å². The van der Waals surface area contributed by atoms with Crippen molar-refractivity contribution in [3.05, 3.63) is 12.0 Å². The van der Waals surface area contributed by atoms with Crippen molar-refractivity contribution in [3.8, 4) is 0 Å². The minimum Gasteiger partial charge on any atom is -0.332 e. The SMILES string of the molecule is Cc1ncc(S(=O)(=O)NC2(CN)CCCCC2)[nH]1. The molecular weight excluding hydrogens is 252 g/mol. The summed E-state index contributed by atoms with van der Waals surface area (Å²) in [4.78, 5) is 6.66. The Balaban J connectivity index is 2.21. The first kappa shape index (κ1) is 13.5. The Hall–Kier alpha value is -0.920. The molecule has 0 aromatic carbocycles. The lowest BCUT2D eigenvalue weighted by atomic mass is 9.83. The fourth-order valence-corrected chi connectivity index (χ4v) is 3.89. The molecule has 0 amide bonds. The van der Waals surface area contributed by atoms with Gasteiger partial charge in [-0.3, -0.25) is 0 Å². The summed E-state index contributed by atoms with van der Waals surface area (Å²) in [7, 11) is -3.56. The van der Waals surface area contributed by atoms with E-state index in [9.17, 15) is 8.42 Å². The summed E-state index contributed by atoms with van der Waals surface area (Å²) in [6.07, 6.45) is 6.12. The predicted molar refractivity (Wildman–Crippen MR) is 68.5 cm³/mol. The first-order valence-electron chi connectivity index (χ1n) is 6.23. The Morgan fingerprint density at radius 3 is 2.61 bits per heavy atom. The van der Waals surface area contributed by atoms with Crippen LogP contribution < -0.4 is 10.5 Å². The molecule has 0 aliphatic heterocycles. The highest BCUT2D eigenvalue weighted by Gasteiger charge is 2.35. The molecule has 1 heterocycles. The van der Waals surface area contributed by atoms with Gasteiger partial charge in [0.25, 0.3) is 10.0 Å². The van der Waals surface area contributed by atoms with E-state index in [-0.39, 0.29) is 5.03 Å². The Labute approximate surface area is 107 Å². The zero-order valence-corrected chi connectivity index (χ0v) is 11.4. The van der Waals surface area contributed by atoms with Crippen LogP contribution in [0.25, 0.3) is 0 Å². The molecule has 1 fully saturated rings. The third-order valence-corrected chi connectivity index (χ3v) is 5.01. The third kappa shape index (κ3) is 2.73. The number of hydrogen-bond acceptors (Lipinski definition) is 4. The maximum absolute atomic E-state index is 12.2. The zero-order valence-electron chi connectivity index (χ0n) is 10.6. The highest BCUT2D eigenvalue weighted by molar-refractivity contribution is 7.89. The van der Waals surface area contributed by atoms with Crippen LogP contribution in [0, 0.1) is 6.92 Å². The Kier molecular flexibility index (Phi) is 3.74. The molecule has 18 heavy (non-hydrogen) atoms. The molecule has 4 N–H and O–H groups in total. The Bertz CT molecular complexity index is 503. The number of nitrogens with one attached hydrogen (secondary N) is 2. The fourth-order valence-electron chi connectivity index (χ4n) is 2.45. The van der Waals surface area contributed by atoms with Gasteiger partial charge in [0.05, 0.1) is 6.20 Å². The number of H-pyrrole nitrogens is 1. The minimum absolute atomic E-state index is 0.110. The number of rotatable bonds is 4. The minimum atomic E-state index is -3.56. The van der Waals surface area contributed by atoms with Gasteiger partial charge in [-0.15, -0.1) is 0 Å². The summed E-state index contributed by atoms with van der Waals surface area (Å²) in [6.45, 7) is 2.05. The van der Waals surface area contributed by atoms with Gasteiger partial charge in [-0.2, -0.15) is 0 Å². The molecule has 0 saturated heterocycles. The summed E-state index contributed by atoms with van der Waals surface area (Å²) >= 11 is 0. The maximum Gasteiger partial charge on any atom is 0.258 e. The van der Waals surface area contributed by atoms with E-state index in [4.69, 9.17) is 5.73 Å². The quantitative estimate of drug-likeness (QED) is 0.749. The molecular formula is C11H20N4O2S. The highest BCUT2D eigenvalue weighted by atomic mass is 32.2. The molecule has 0 unspecified atom stereocenters. The van der Waals surface area contributed by atoms with Crippen LogP contribution in [0.15, 0.2) is 11.2 Å². The molecule has 1 aliphatic carbocycles. The van der Waals surface area contributed by atoms with E-state index in [1.807, 2.05) is 0 Å². The molecule has 0 spiro atoms. The average molecular weight is 272 g/mol. The lowest BCUT2D eigenvalue weighted by Crippen LogP contribution is -2.54. The molecule has 7 heteroatoms. The number of imidazole rings is 1. The van der Waals surface area contributed by atoms with Crippen molar-refractivity contribution < 1.29 is 8.42 Å². The molecule has 1 aromatic rings. The zero-order chi connectivity index (χ0) is 13.2. The van der Waals surface area contributed by atoms with Crippen molar-refractivity contribution in [1.29, 1.82) is 0 Å². The van der Waals surface area contributed by atoms with Gasteiger partial charge in [-0.1, -0.05) is 19.3 Å². The monoisotopic (exact) mass is 272 g/mol. The normalized spacial score (nSPS) is 19.9. The van der Waals surface area contributed by atoms with Crippen molar-refractivity contribution in [3.63, 3.8) is 0 Å². The van der Waals surface area contributed by atoms with Crippen LogP contribution >= 0.6 is 0 Å². The topological polar surface area (TPSA) is 101 Å². The van der Waals surface area contributed by atoms with Gasteiger partial charge < -0.3 is 10.7 Å². The number of hydrogen-bond donors (Lipinski definition) is 3. The van der Waals surface area contributed by atoms with Gasteiger partial charge >= 0.3 is 0 Å². The van der Waals surface area contributed by atoms with Crippen molar-refractivity contribution >= 4 is 10.0 Å². The summed E-state index contributed by atoms with van der Waals surface area (Å²) < 4.78 is 27.2. The van der Waals surface area contributed by atoms with E-state index >= 15 is 0 Å². The molecule has 0 radical (unpaired) electrons. The van der Waals surface area contributed by atoms with Gasteiger partial charge in [0.1, 0.15) is 5.82 Å². The van der Waals surface area contributed by atoms with E-state index < -0.39 is 15.6 Å². The Morgan fingerprint density at radius 2 is 2.11 bits per heavy atom. The van der Waals surface area contributed by atoms with Crippen LogP contribution in [0.3, 0.4) is 0 Å². The van der Waals surface area contributed by atoms with E-state index in [0.717, 1.165) is 32.1 Å². The summed E-state index contributed by atoms with van der Waals surface area (Å²) in [5, 5.41) is 0.110. The van der Waals surface area contributed by atoms with E-state index in [2.05, 4.69) is 14.7 Å². The summed E-state index contributed by atoms with van der Waals surface area (Å²) in [5.74, 6) is 0.584. The van der Waals surface area contributed by atoms with Crippen LogP contribution in [0.4, 0.5) is 0 Å². The molecule has 6 nitrogen and oxygen atoms in total. The first-order chi connectivity index (χ1) is 8.47. The van der Waals surface area contributed by atoms with Crippen molar-refractivity contribution in [2.75, 3.05) is 6.54 Å². The number of nitrogens with zero attached hydrogens (tertiary/aromatic N) is 1. The molecule has 0 atom stereocenters. The predicted octanol–water partition coefficient (Wildman–Crippen LogP) is 0.658. The standard InChI is InChI=1S/C11H20N4O2S/c1-9-13-7-10(14-9)18(16,17)15-11(8-12)5-3-2-4-6-11/h7,15H,2-6,8,12H2,1H3,(H,13,14). The van der Waals surface area contributed by atoms with E-state index in [0.29, 0.717) is 12.4 Å². The van der Waals surface area contributed by atoms with Gasteiger partial charge in [0.2, 0.25) is 0 Å². The lowest BCUT2D eigenvalue weighted by molar-refractivity contribution is 0.276. The van der Waals surface area contributed by atoms with Crippen LogP contribution in [-0.4, -0.2) is 30.5 Å². The van der Waals surface area contributed by atoms with Gasteiger partial charge in [0, 0.05) is 12.1 Å². The Morgan fingerprint density at radius 1 is 1.44 bits per heavy atom.